The summed E-state index contributed by atoms with van der Waals surface area (Å²) in [6.45, 7) is 1.41. The number of benzene rings is 1. The number of ether oxygens (including phenoxy) is 1. The van der Waals surface area contributed by atoms with Gasteiger partial charge in [0, 0.05) is 0 Å². The summed E-state index contributed by atoms with van der Waals surface area (Å²) in [5.41, 5.74) is 0.378. The number of carbonyl (C=O) groups excluding carboxylic acids is 4. The van der Waals surface area contributed by atoms with Crippen molar-refractivity contribution in [3.8, 4) is 0 Å². The Morgan fingerprint density at radius 2 is 2.00 bits per heavy atom. The highest BCUT2D eigenvalue weighted by atomic mass is 35.5. The Morgan fingerprint density at radius 3 is 2.67 bits per heavy atom. The summed E-state index contributed by atoms with van der Waals surface area (Å²) in [4.78, 5) is 47.8. The molecule has 0 fully saturated rings. The van der Waals surface area contributed by atoms with Crippen molar-refractivity contribution in [1.82, 2.24) is 0 Å². The molecule has 0 atom stereocenters. The molecule has 110 valence electrons. The fourth-order valence-electron chi connectivity index (χ4n) is 2.07. The molecule has 0 saturated carbocycles. The summed E-state index contributed by atoms with van der Waals surface area (Å²) in [6, 6.07) is 4.54. The van der Waals surface area contributed by atoms with Gasteiger partial charge >= 0.3 is 5.97 Å². The van der Waals surface area contributed by atoms with Crippen LogP contribution in [-0.4, -0.2) is 36.6 Å². The van der Waals surface area contributed by atoms with Crippen LogP contribution in [0.2, 0.25) is 5.02 Å². The summed E-state index contributed by atoms with van der Waals surface area (Å²) in [5, 5.41) is 0.204. The van der Waals surface area contributed by atoms with Crippen LogP contribution in [0.4, 0.5) is 5.69 Å². The molecule has 1 aromatic carbocycles. The molecular weight excluding hydrogens is 298 g/mol. The Morgan fingerprint density at radius 1 is 1.29 bits per heavy atom. The van der Waals surface area contributed by atoms with E-state index in [1.807, 2.05) is 0 Å². The van der Waals surface area contributed by atoms with Gasteiger partial charge in [-0.3, -0.25) is 24.1 Å². The van der Waals surface area contributed by atoms with Crippen LogP contribution in [0.5, 0.6) is 0 Å². The van der Waals surface area contributed by atoms with Crippen molar-refractivity contribution >= 4 is 40.7 Å². The Balaban J connectivity index is 2.18. The van der Waals surface area contributed by atoms with Crippen molar-refractivity contribution in [3.05, 3.63) is 28.8 Å². The number of amides is 1. The second kappa shape index (κ2) is 6.05. The van der Waals surface area contributed by atoms with Crippen molar-refractivity contribution < 1.29 is 23.9 Å². The average Bonchev–Trinajstić information content (AvgIpc) is 2.65. The van der Waals surface area contributed by atoms with Crippen LogP contribution in [-0.2, 0) is 19.1 Å². The molecule has 0 unspecified atom stereocenters. The van der Waals surface area contributed by atoms with E-state index in [-0.39, 0.29) is 29.4 Å². The van der Waals surface area contributed by atoms with Crippen LogP contribution in [0.15, 0.2) is 18.2 Å². The van der Waals surface area contributed by atoms with Gasteiger partial charge in [-0.15, -0.1) is 0 Å². The van der Waals surface area contributed by atoms with Gasteiger partial charge in [-0.25, -0.2) is 0 Å². The molecule has 2 rings (SSSR count). The molecule has 1 aromatic rings. The Hall–Kier alpha value is -2.21. The fraction of sp³-hybridized carbons (Fsp3) is 0.286. The number of carbonyl (C=O) groups is 4. The van der Waals surface area contributed by atoms with Crippen molar-refractivity contribution in [2.45, 2.75) is 13.3 Å². The number of para-hydroxylation sites is 1. The van der Waals surface area contributed by atoms with E-state index in [0.717, 1.165) is 4.90 Å². The normalized spacial score (nSPS) is 13.3. The molecule has 0 N–H and O–H groups in total. The predicted molar refractivity (Wildman–Crippen MR) is 74.4 cm³/mol. The minimum Gasteiger partial charge on any atom is -0.466 e. The first-order chi connectivity index (χ1) is 9.95. The number of esters is 1. The summed E-state index contributed by atoms with van der Waals surface area (Å²) in [6.07, 6.45) is -0.453. The van der Waals surface area contributed by atoms with Gasteiger partial charge in [-0.1, -0.05) is 17.7 Å². The lowest BCUT2D eigenvalue weighted by Gasteiger charge is -2.16. The first-order valence-electron chi connectivity index (χ1n) is 6.27. The summed E-state index contributed by atoms with van der Waals surface area (Å²) >= 11 is 5.98. The lowest BCUT2D eigenvalue weighted by Crippen LogP contribution is -2.35. The average molecular weight is 310 g/mol. The van der Waals surface area contributed by atoms with Crippen molar-refractivity contribution in [2.24, 2.45) is 0 Å². The van der Waals surface area contributed by atoms with Crippen molar-refractivity contribution in [2.75, 3.05) is 18.1 Å². The number of hydrogen-bond donors (Lipinski definition) is 0. The van der Waals surface area contributed by atoms with Crippen LogP contribution in [0.3, 0.4) is 0 Å². The standard InChI is InChI=1S/C14H12ClNO5/c1-2-21-11(18)6-8(17)7-16-12-9(13(19)14(16)20)4-3-5-10(12)15/h3-5H,2,6-7H2,1H3. The van der Waals surface area contributed by atoms with Crippen LogP contribution < -0.4 is 4.90 Å². The Labute approximate surface area is 125 Å². The molecule has 0 saturated heterocycles. The lowest BCUT2D eigenvalue weighted by molar-refractivity contribution is -0.145. The van der Waals surface area contributed by atoms with Crippen LogP contribution >= 0.6 is 11.6 Å². The number of halogens is 1. The van der Waals surface area contributed by atoms with Crippen LogP contribution in [0.25, 0.3) is 0 Å². The first kappa shape index (κ1) is 15.2. The maximum absolute atomic E-state index is 11.9. The molecule has 0 aromatic heterocycles. The molecule has 7 heteroatoms. The number of fused-ring (bicyclic) bond motifs is 1. The van der Waals surface area contributed by atoms with E-state index in [0.29, 0.717) is 0 Å². The second-order valence-electron chi connectivity index (χ2n) is 4.38. The van der Waals surface area contributed by atoms with Gasteiger partial charge in [0.1, 0.15) is 6.42 Å². The third-order valence-corrected chi connectivity index (χ3v) is 3.23. The summed E-state index contributed by atoms with van der Waals surface area (Å²) < 4.78 is 4.66. The molecule has 1 aliphatic heterocycles. The van der Waals surface area contributed by atoms with Gasteiger partial charge in [-0.05, 0) is 19.1 Å². The molecular formula is C14H12ClNO5. The zero-order chi connectivity index (χ0) is 15.6. The maximum atomic E-state index is 11.9. The molecule has 1 heterocycles. The largest absolute Gasteiger partial charge is 0.466 e. The minimum absolute atomic E-state index is 0.163. The van der Waals surface area contributed by atoms with E-state index in [4.69, 9.17) is 11.6 Å². The third-order valence-electron chi connectivity index (χ3n) is 2.92. The van der Waals surface area contributed by atoms with E-state index < -0.39 is 29.9 Å². The number of rotatable bonds is 5. The Kier molecular flexibility index (Phi) is 4.37. The highest BCUT2D eigenvalue weighted by Crippen LogP contribution is 2.35. The monoisotopic (exact) mass is 309 g/mol. The minimum atomic E-state index is -0.824. The number of Topliss-reactive ketones (excluding diaryl/α,β-unsaturated/α-hetero) is 2. The maximum Gasteiger partial charge on any atom is 0.313 e. The van der Waals surface area contributed by atoms with Crippen LogP contribution in [0.1, 0.15) is 23.7 Å². The zero-order valence-corrected chi connectivity index (χ0v) is 12.0. The molecule has 0 aliphatic carbocycles. The first-order valence-corrected chi connectivity index (χ1v) is 6.65. The van der Waals surface area contributed by atoms with E-state index >= 15 is 0 Å². The number of nitrogens with zero attached hydrogens (tertiary/aromatic N) is 1. The molecule has 0 radical (unpaired) electrons. The van der Waals surface area contributed by atoms with E-state index in [1.165, 1.54) is 12.1 Å². The van der Waals surface area contributed by atoms with E-state index in [1.54, 1.807) is 13.0 Å². The third kappa shape index (κ3) is 2.95. The molecule has 1 aliphatic rings. The fourth-order valence-corrected chi connectivity index (χ4v) is 2.34. The molecule has 6 nitrogen and oxygen atoms in total. The van der Waals surface area contributed by atoms with E-state index in [2.05, 4.69) is 4.74 Å². The van der Waals surface area contributed by atoms with Gasteiger partial charge in [0.25, 0.3) is 11.7 Å². The quantitative estimate of drug-likeness (QED) is 0.466. The van der Waals surface area contributed by atoms with Gasteiger partial charge < -0.3 is 4.74 Å². The van der Waals surface area contributed by atoms with Crippen molar-refractivity contribution in [3.63, 3.8) is 0 Å². The number of hydrogen-bond acceptors (Lipinski definition) is 5. The summed E-state index contributed by atoms with van der Waals surface area (Å²) in [7, 11) is 0. The SMILES string of the molecule is CCOC(=O)CC(=O)CN1C(=O)C(=O)c2cccc(Cl)c21. The second-order valence-corrected chi connectivity index (χ2v) is 4.78. The molecule has 21 heavy (non-hydrogen) atoms. The van der Waals surface area contributed by atoms with Gasteiger partial charge in [0.15, 0.2) is 5.78 Å². The van der Waals surface area contributed by atoms with Crippen LogP contribution in [0, 0.1) is 0 Å². The van der Waals surface area contributed by atoms with Gasteiger partial charge in [0.05, 0.1) is 29.4 Å². The van der Waals surface area contributed by atoms with E-state index in [9.17, 15) is 19.2 Å². The van der Waals surface area contributed by atoms with Gasteiger partial charge in [-0.2, -0.15) is 0 Å². The number of anilines is 1. The smallest absolute Gasteiger partial charge is 0.313 e. The van der Waals surface area contributed by atoms with Gasteiger partial charge in [0.2, 0.25) is 0 Å². The zero-order valence-electron chi connectivity index (χ0n) is 11.2. The number of ketones is 2. The predicted octanol–water partition coefficient (Wildman–Crippen LogP) is 1.39. The topological polar surface area (TPSA) is 80.8 Å². The molecule has 0 spiro atoms. The highest BCUT2D eigenvalue weighted by Gasteiger charge is 2.38. The highest BCUT2D eigenvalue weighted by molar-refractivity contribution is 6.54. The van der Waals surface area contributed by atoms with Crippen molar-refractivity contribution in [1.29, 1.82) is 0 Å². The summed E-state index contributed by atoms with van der Waals surface area (Å²) in [5.74, 6) is -2.73. The lowest BCUT2D eigenvalue weighted by atomic mass is 10.1. The molecule has 0 bridgehead atoms. The Bertz CT molecular complexity index is 640. The molecule has 1 amide bonds.